The molecule has 0 bridgehead atoms. The fourth-order valence-electron chi connectivity index (χ4n) is 5.14. The summed E-state index contributed by atoms with van der Waals surface area (Å²) in [7, 11) is 1.62. The summed E-state index contributed by atoms with van der Waals surface area (Å²) in [6, 6.07) is 15.2. The molecule has 1 aliphatic carbocycles. The van der Waals surface area contributed by atoms with E-state index in [1.54, 1.807) is 7.11 Å². The fourth-order valence-corrected chi connectivity index (χ4v) is 5.14. The number of hydrogen-bond donors (Lipinski definition) is 1. The minimum absolute atomic E-state index is 0.0389. The number of aliphatic imine (C=N–C) groups is 1. The first-order chi connectivity index (χ1) is 17.5. The zero-order valence-electron chi connectivity index (χ0n) is 20.4. The minimum atomic E-state index is -0.303. The van der Waals surface area contributed by atoms with Gasteiger partial charge in [-0.05, 0) is 29.7 Å². The summed E-state index contributed by atoms with van der Waals surface area (Å²) in [5.74, 6) is 0.502. The Hall–Kier alpha value is -3.49. The van der Waals surface area contributed by atoms with Crippen molar-refractivity contribution >= 4 is 18.0 Å². The molecule has 2 aliphatic heterocycles. The Kier molecular flexibility index (Phi) is 7.16. The van der Waals surface area contributed by atoms with Crippen molar-refractivity contribution in [1.29, 1.82) is 0 Å². The zero-order chi connectivity index (χ0) is 25.1. The summed E-state index contributed by atoms with van der Waals surface area (Å²) >= 11 is 0. The maximum atomic E-state index is 12.7. The molecular weight excluding hydrogens is 458 g/mol. The van der Waals surface area contributed by atoms with Crippen molar-refractivity contribution in [2.75, 3.05) is 46.4 Å². The molecule has 188 valence electrons. The first-order valence-corrected chi connectivity index (χ1v) is 12.4. The van der Waals surface area contributed by atoms with Crippen LogP contribution >= 0.6 is 0 Å². The number of aliphatic hydroxyl groups excluding tert-OH is 1. The molecule has 1 fully saturated rings. The van der Waals surface area contributed by atoms with Crippen LogP contribution in [0.3, 0.4) is 0 Å². The van der Waals surface area contributed by atoms with Gasteiger partial charge in [0.05, 0.1) is 24.8 Å². The molecule has 0 amide bonds. The highest BCUT2D eigenvalue weighted by atomic mass is 16.6. The average molecular weight is 490 g/mol. The third kappa shape index (κ3) is 5.05. The first kappa shape index (κ1) is 24.2. The second-order valence-corrected chi connectivity index (χ2v) is 9.42. The van der Waals surface area contributed by atoms with E-state index in [-0.39, 0.29) is 29.7 Å². The van der Waals surface area contributed by atoms with Crippen LogP contribution < -0.4 is 4.74 Å². The van der Waals surface area contributed by atoms with Crippen LogP contribution in [0, 0.1) is 0 Å². The quantitative estimate of drug-likeness (QED) is 0.470. The van der Waals surface area contributed by atoms with Crippen LogP contribution in [0.1, 0.15) is 46.5 Å². The normalized spacial score (nSPS) is 23.2. The highest BCUT2D eigenvalue weighted by Crippen LogP contribution is 2.35. The van der Waals surface area contributed by atoms with E-state index in [0.29, 0.717) is 30.5 Å². The van der Waals surface area contributed by atoms with Crippen molar-refractivity contribution in [3.63, 3.8) is 0 Å². The van der Waals surface area contributed by atoms with E-state index >= 15 is 0 Å². The standard InChI is InChI=1S/C28H31N3O5/c1-35-21-8-6-19(7-9-21)20-16-25(32)24(26(33)17-20)18-29-10-11-30-12-14-31(15-13-30)27-22-4-2-3-5-23(22)28(34)36-27/h2-9,18,20,27,32H,10-17H2,1H3/t20?,27-/m1/s1. The van der Waals surface area contributed by atoms with Crippen LogP contribution in [0.25, 0.3) is 0 Å². The van der Waals surface area contributed by atoms with Gasteiger partial charge in [0.25, 0.3) is 0 Å². The molecule has 8 heteroatoms. The lowest BCUT2D eigenvalue weighted by Gasteiger charge is -2.37. The van der Waals surface area contributed by atoms with Gasteiger partial charge in [-0.3, -0.25) is 19.6 Å². The number of carbonyl (C=O) groups excluding carboxylic acids is 2. The van der Waals surface area contributed by atoms with E-state index in [9.17, 15) is 14.7 Å². The van der Waals surface area contributed by atoms with Gasteiger partial charge in [-0.15, -0.1) is 0 Å². The third-order valence-electron chi connectivity index (χ3n) is 7.24. The number of Topliss-reactive ketones (excluding diaryl/α,β-unsaturated/α-hetero) is 1. The molecule has 0 radical (unpaired) electrons. The number of cyclic esters (lactones) is 1. The van der Waals surface area contributed by atoms with Crippen molar-refractivity contribution in [1.82, 2.24) is 9.80 Å². The lowest BCUT2D eigenvalue weighted by Crippen LogP contribution is -2.48. The highest BCUT2D eigenvalue weighted by Gasteiger charge is 2.36. The zero-order valence-corrected chi connectivity index (χ0v) is 20.4. The molecule has 2 aromatic rings. The maximum Gasteiger partial charge on any atom is 0.340 e. The van der Waals surface area contributed by atoms with Gasteiger partial charge in [-0.1, -0.05) is 30.3 Å². The number of fused-ring (bicyclic) bond motifs is 1. The summed E-state index contributed by atoms with van der Waals surface area (Å²) in [4.78, 5) is 33.8. The molecule has 0 spiro atoms. The van der Waals surface area contributed by atoms with E-state index < -0.39 is 0 Å². The summed E-state index contributed by atoms with van der Waals surface area (Å²) in [5, 5.41) is 10.5. The molecule has 0 aromatic heterocycles. The largest absolute Gasteiger partial charge is 0.511 e. The van der Waals surface area contributed by atoms with Gasteiger partial charge in [0.2, 0.25) is 0 Å². The summed E-state index contributed by atoms with van der Waals surface area (Å²) < 4.78 is 10.8. The molecule has 1 unspecified atom stereocenters. The number of benzene rings is 2. The number of allylic oxidation sites excluding steroid dienone is 2. The van der Waals surface area contributed by atoms with Crippen LogP contribution in [0.4, 0.5) is 0 Å². The summed E-state index contributed by atoms with van der Waals surface area (Å²) in [5.41, 5.74) is 2.94. The van der Waals surface area contributed by atoms with Crippen molar-refractivity contribution < 1.29 is 24.2 Å². The molecule has 8 nitrogen and oxygen atoms in total. The Balaban J connectivity index is 1.10. The molecule has 3 aliphatic rings. The van der Waals surface area contributed by atoms with Gasteiger partial charge in [0.1, 0.15) is 11.5 Å². The topological polar surface area (TPSA) is 91.7 Å². The number of aliphatic hydroxyl groups is 1. The predicted molar refractivity (Wildman–Crippen MR) is 136 cm³/mol. The van der Waals surface area contributed by atoms with Crippen LogP contribution in [-0.4, -0.2) is 79.3 Å². The van der Waals surface area contributed by atoms with Crippen molar-refractivity contribution in [2.45, 2.75) is 25.0 Å². The number of hydrogen-bond acceptors (Lipinski definition) is 8. The van der Waals surface area contributed by atoms with Gasteiger partial charge in [0.15, 0.2) is 12.0 Å². The fraction of sp³-hybridized carbons (Fsp3) is 0.393. The van der Waals surface area contributed by atoms with E-state index in [1.165, 1.54) is 6.21 Å². The number of methoxy groups -OCH3 is 1. The number of piperazine rings is 1. The lowest BCUT2D eigenvalue weighted by molar-refractivity contribution is -0.116. The Labute approximate surface area is 210 Å². The van der Waals surface area contributed by atoms with Gasteiger partial charge in [-0.2, -0.15) is 0 Å². The van der Waals surface area contributed by atoms with E-state index in [2.05, 4.69) is 14.8 Å². The molecule has 5 rings (SSSR count). The second-order valence-electron chi connectivity index (χ2n) is 9.42. The third-order valence-corrected chi connectivity index (χ3v) is 7.24. The maximum absolute atomic E-state index is 12.7. The Morgan fingerprint density at radius 2 is 1.81 bits per heavy atom. The van der Waals surface area contributed by atoms with E-state index in [1.807, 2.05) is 48.5 Å². The van der Waals surface area contributed by atoms with Crippen LogP contribution in [0.15, 0.2) is 64.9 Å². The average Bonchev–Trinajstić information content (AvgIpc) is 3.24. The number of esters is 1. The molecule has 2 heterocycles. The Morgan fingerprint density at radius 3 is 2.53 bits per heavy atom. The van der Waals surface area contributed by atoms with Crippen LogP contribution in [-0.2, 0) is 9.53 Å². The number of rotatable bonds is 7. The molecule has 2 aromatic carbocycles. The summed E-state index contributed by atoms with van der Waals surface area (Å²) in [6.07, 6.45) is 2.01. The van der Waals surface area contributed by atoms with E-state index in [4.69, 9.17) is 9.47 Å². The van der Waals surface area contributed by atoms with Gasteiger partial charge in [-0.25, -0.2) is 4.79 Å². The van der Waals surface area contributed by atoms with Crippen molar-refractivity contribution in [3.8, 4) is 5.75 Å². The Bertz CT molecular complexity index is 1180. The number of carbonyl (C=O) groups is 2. The second kappa shape index (κ2) is 10.6. The van der Waals surface area contributed by atoms with Crippen molar-refractivity contribution in [3.05, 3.63) is 76.6 Å². The number of nitrogens with zero attached hydrogens (tertiary/aromatic N) is 3. The smallest absolute Gasteiger partial charge is 0.340 e. The van der Waals surface area contributed by atoms with E-state index in [0.717, 1.165) is 49.6 Å². The number of ketones is 1. The lowest BCUT2D eigenvalue weighted by atomic mass is 9.83. The number of ether oxygens (including phenoxy) is 2. The van der Waals surface area contributed by atoms with Gasteiger partial charge >= 0.3 is 5.97 Å². The molecule has 0 saturated carbocycles. The van der Waals surface area contributed by atoms with Gasteiger partial charge < -0.3 is 14.6 Å². The monoisotopic (exact) mass is 489 g/mol. The van der Waals surface area contributed by atoms with Crippen molar-refractivity contribution in [2.24, 2.45) is 4.99 Å². The molecule has 1 N–H and O–H groups in total. The molecule has 36 heavy (non-hydrogen) atoms. The Morgan fingerprint density at radius 1 is 1.06 bits per heavy atom. The highest BCUT2D eigenvalue weighted by molar-refractivity contribution is 6.14. The summed E-state index contributed by atoms with van der Waals surface area (Å²) in [6.45, 7) is 4.61. The molecular formula is C28H31N3O5. The minimum Gasteiger partial charge on any atom is -0.511 e. The van der Waals surface area contributed by atoms with Crippen LogP contribution in [0.2, 0.25) is 0 Å². The first-order valence-electron chi connectivity index (χ1n) is 12.4. The van der Waals surface area contributed by atoms with Gasteiger partial charge in [0, 0.05) is 57.3 Å². The molecule has 1 saturated heterocycles. The predicted octanol–water partition coefficient (Wildman–Crippen LogP) is 3.51. The SMILES string of the molecule is COc1ccc(C2CC(=O)C(C=NCCN3CCN([C@@H]4OC(=O)c5ccccc54)CC3)=C(O)C2)cc1. The van der Waals surface area contributed by atoms with Crippen LogP contribution in [0.5, 0.6) is 5.75 Å². The molecule has 2 atom stereocenters.